The number of hydrogen-bond donors (Lipinski definition) is 1. The molecule has 0 spiro atoms. The zero-order chi connectivity index (χ0) is 33.1. The summed E-state index contributed by atoms with van der Waals surface area (Å²) in [6, 6.07) is 6.09. The average molecular weight is 667 g/mol. The van der Waals surface area contributed by atoms with Gasteiger partial charge in [-0.25, -0.2) is 13.1 Å². The van der Waals surface area contributed by atoms with Crippen molar-refractivity contribution in [1.29, 1.82) is 0 Å². The van der Waals surface area contributed by atoms with Gasteiger partial charge in [0.2, 0.25) is 0 Å². The van der Waals surface area contributed by atoms with Crippen molar-refractivity contribution in [2.24, 2.45) is 0 Å². The molecule has 1 N–H and O–H groups in total. The average Bonchev–Trinajstić information content (AvgIpc) is 3.28. The smallest absolute Gasteiger partial charge is 0.266 e. The summed E-state index contributed by atoms with van der Waals surface area (Å²) in [4.78, 5) is 11.1. The molecule has 4 nitrogen and oxygen atoms in total. The van der Waals surface area contributed by atoms with E-state index in [4.69, 9.17) is 0 Å². The van der Waals surface area contributed by atoms with Crippen LogP contribution in [0, 0.1) is 0 Å². The van der Waals surface area contributed by atoms with Gasteiger partial charge in [-0.3, -0.25) is 4.79 Å². The fourth-order valence-electron chi connectivity index (χ4n) is 6.70. The predicted molar refractivity (Wildman–Crippen MR) is 201 cm³/mol. The predicted octanol–water partition coefficient (Wildman–Crippen LogP) is 12.6. The second-order valence-electron chi connectivity index (χ2n) is 13.7. The Morgan fingerprint density at radius 2 is 0.800 bits per heavy atom. The van der Waals surface area contributed by atoms with Gasteiger partial charge in [-0.15, -0.1) is 0 Å². The Balaban J connectivity index is 0.000000689. The molecule has 6 heteroatoms. The van der Waals surface area contributed by atoms with Crippen LogP contribution in [0.25, 0.3) is 0 Å². The number of carbonyl (C=O) groups is 1. The molecule has 0 aliphatic carbocycles. The van der Waals surface area contributed by atoms with E-state index in [9.17, 15) is 13.2 Å². The summed E-state index contributed by atoms with van der Waals surface area (Å²) in [5.74, 6) is -0.550. The third-order valence-electron chi connectivity index (χ3n) is 9.59. The number of unbranched alkanes of at least 4 members (excludes halogenated alkanes) is 20. The van der Waals surface area contributed by atoms with E-state index in [1.165, 1.54) is 141 Å². The van der Waals surface area contributed by atoms with Crippen LogP contribution < -0.4 is 4.72 Å². The van der Waals surface area contributed by atoms with Gasteiger partial charge in [-0.1, -0.05) is 143 Å². The number of amides is 1. The minimum atomic E-state index is -3.55. The lowest BCUT2D eigenvalue weighted by Crippen LogP contribution is -2.20. The summed E-state index contributed by atoms with van der Waals surface area (Å²) in [6.45, 7) is 9.41. The van der Waals surface area contributed by atoms with Crippen LogP contribution in [0.15, 0.2) is 29.2 Å². The number of carbonyl (C=O) groups excluding carboxylic acids is 1. The van der Waals surface area contributed by atoms with E-state index in [0.29, 0.717) is 0 Å². The zero-order valence-electron chi connectivity index (χ0n) is 30.2. The highest BCUT2D eigenvalue weighted by atomic mass is 32.2. The van der Waals surface area contributed by atoms with Gasteiger partial charge in [0.25, 0.3) is 15.9 Å². The van der Waals surface area contributed by atoms with Crippen molar-refractivity contribution < 1.29 is 13.2 Å². The van der Waals surface area contributed by atoms with E-state index >= 15 is 0 Å². The fraction of sp³-hybridized carbons (Fsp3) is 0.821. The van der Waals surface area contributed by atoms with Crippen molar-refractivity contribution in [3.8, 4) is 0 Å². The van der Waals surface area contributed by atoms with Crippen molar-refractivity contribution >= 4 is 23.2 Å². The van der Waals surface area contributed by atoms with Gasteiger partial charge in [-0.2, -0.15) is 0 Å². The van der Waals surface area contributed by atoms with E-state index in [0.717, 1.165) is 0 Å². The maximum Gasteiger partial charge on any atom is 0.266 e. The number of hydrogen-bond acceptors (Lipinski definition) is 3. The second kappa shape index (κ2) is 27.1. The van der Waals surface area contributed by atoms with Gasteiger partial charge in [0.1, 0.15) is 4.90 Å². The highest BCUT2D eigenvalue weighted by Gasteiger charge is 2.35. The van der Waals surface area contributed by atoms with Crippen LogP contribution in [0.5, 0.6) is 0 Å². The number of fused-ring (bicyclic) bond motifs is 1. The van der Waals surface area contributed by atoms with Crippen LogP contribution in [0.3, 0.4) is 0 Å². The largest absolute Gasteiger partial charge is 0.268 e. The number of benzene rings is 1. The Morgan fingerprint density at radius 1 is 0.489 bits per heavy atom. The lowest BCUT2D eigenvalue weighted by molar-refractivity contribution is 0.0985. The Kier molecular flexibility index (Phi) is 25.3. The quantitative estimate of drug-likeness (QED) is 0.0715. The third kappa shape index (κ3) is 19.5. The van der Waals surface area contributed by atoms with Gasteiger partial charge < -0.3 is 0 Å². The molecule has 0 bridgehead atoms. The van der Waals surface area contributed by atoms with Gasteiger partial charge in [-0.05, 0) is 63.5 Å². The highest BCUT2D eigenvalue weighted by Crippen LogP contribution is 2.61. The molecule has 262 valence electrons. The highest BCUT2D eigenvalue weighted by molar-refractivity contribution is 7.90. The molecule has 45 heavy (non-hydrogen) atoms. The van der Waals surface area contributed by atoms with Crippen molar-refractivity contribution in [2.45, 2.75) is 187 Å². The lowest BCUT2D eigenvalue weighted by Gasteiger charge is -2.28. The first-order chi connectivity index (χ1) is 21.9. The number of nitrogens with one attached hydrogen (secondary N) is 1. The first-order valence-electron chi connectivity index (χ1n) is 19.4. The SMILES string of the molecule is CCCCCCCCCCCCCC[P+](CCCCCC)(CCCCCC)CCCCCC.O=C1NS(=O)(=O)c2ccccc21. The molecule has 1 aliphatic rings. The van der Waals surface area contributed by atoms with Gasteiger partial charge in [0, 0.05) is 7.26 Å². The molecule has 1 aliphatic heterocycles. The molecular weight excluding hydrogens is 593 g/mol. The molecule has 0 radical (unpaired) electrons. The zero-order valence-corrected chi connectivity index (χ0v) is 31.9. The minimum absolute atomic E-state index is 0.0648. The summed E-state index contributed by atoms with van der Waals surface area (Å²) in [6.07, 6.45) is 42.1. The summed E-state index contributed by atoms with van der Waals surface area (Å²) in [5.41, 5.74) is 0.220. The molecule has 0 aromatic heterocycles. The van der Waals surface area contributed by atoms with Crippen molar-refractivity contribution in [2.75, 3.05) is 24.6 Å². The van der Waals surface area contributed by atoms with Crippen molar-refractivity contribution in [1.82, 2.24) is 4.72 Å². The number of rotatable bonds is 28. The second-order valence-corrected chi connectivity index (χ2v) is 19.9. The van der Waals surface area contributed by atoms with E-state index in [1.807, 2.05) is 4.72 Å². The normalized spacial score (nSPS) is 13.7. The van der Waals surface area contributed by atoms with Crippen LogP contribution >= 0.6 is 7.26 Å². The van der Waals surface area contributed by atoms with Gasteiger partial charge >= 0.3 is 0 Å². The Hall–Kier alpha value is -0.930. The van der Waals surface area contributed by atoms with Gasteiger partial charge in [0.15, 0.2) is 0 Å². The molecule has 1 heterocycles. The van der Waals surface area contributed by atoms with Gasteiger partial charge in [0.05, 0.1) is 30.2 Å². The third-order valence-corrected chi connectivity index (χ3v) is 16.0. The van der Waals surface area contributed by atoms with E-state index < -0.39 is 23.2 Å². The minimum Gasteiger partial charge on any atom is -0.268 e. The maximum atomic E-state index is 11.1. The summed E-state index contributed by atoms with van der Waals surface area (Å²) in [7, 11) is -4.25. The van der Waals surface area contributed by atoms with Crippen LogP contribution in [0.2, 0.25) is 0 Å². The summed E-state index contributed by atoms with van der Waals surface area (Å²) < 4.78 is 24.2. The number of sulfonamides is 1. The molecule has 0 fully saturated rings. The Bertz CT molecular complexity index is 934. The van der Waals surface area contributed by atoms with Crippen molar-refractivity contribution in [3.05, 3.63) is 29.8 Å². The molecule has 0 atom stereocenters. The molecule has 0 unspecified atom stereocenters. The molecule has 0 saturated carbocycles. The fourth-order valence-corrected chi connectivity index (χ4v) is 12.8. The lowest BCUT2D eigenvalue weighted by atomic mass is 10.1. The molecule has 2 rings (SSSR count). The van der Waals surface area contributed by atoms with Crippen LogP contribution in [-0.2, 0) is 10.0 Å². The molecule has 1 amide bonds. The Labute approximate surface area is 281 Å². The van der Waals surface area contributed by atoms with E-state index in [-0.39, 0.29) is 10.5 Å². The van der Waals surface area contributed by atoms with Crippen LogP contribution in [0.4, 0.5) is 0 Å². The molecule has 1 aromatic rings. The summed E-state index contributed by atoms with van der Waals surface area (Å²) in [5, 5.41) is 0. The van der Waals surface area contributed by atoms with Crippen LogP contribution in [-0.4, -0.2) is 39.0 Å². The Morgan fingerprint density at radius 3 is 1.16 bits per heavy atom. The van der Waals surface area contributed by atoms with E-state index in [2.05, 4.69) is 27.7 Å². The summed E-state index contributed by atoms with van der Waals surface area (Å²) >= 11 is 0. The standard InChI is InChI=1S/C32H68P.C7H5NO3S/c1-5-9-13-17-18-19-20-21-22-23-24-28-32-33(29-25-14-10-6-2,30-26-15-11-7-3)31-27-16-12-8-4;9-7-5-3-1-2-4-6(5)12(10,11)8-7/h5-32H2,1-4H3;1-4H,(H,8,9)/q+1;. The van der Waals surface area contributed by atoms with Crippen LogP contribution in [0.1, 0.15) is 192 Å². The molecule has 0 saturated heterocycles. The monoisotopic (exact) mass is 667 g/mol. The topological polar surface area (TPSA) is 63.2 Å². The molecular formula is C39H73NO3PS+. The first-order valence-corrected chi connectivity index (χ1v) is 23.4. The first kappa shape index (κ1) is 42.1. The van der Waals surface area contributed by atoms with E-state index in [1.54, 1.807) is 62.5 Å². The van der Waals surface area contributed by atoms with Crippen molar-refractivity contribution in [3.63, 3.8) is 0 Å². The maximum absolute atomic E-state index is 11.1. The molecule has 1 aromatic carbocycles.